The van der Waals surface area contributed by atoms with Crippen LogP contribution in [0.25, 0.3) is 16.0 Å². The lowest BCUT2D eigenvalue weighted by atomic mass is 10.2. The molecule has 0 aliphatic rings. The van der Waals surface area contributed by atoms with Gasteiger partial charge >= 0.3 is 0 Å². The van der Waals surface area contributed by atoms with Crippen LogP contribution in [-0.2, 0) is 6.54 Å². The standard InChI is InChI=1S/C8H8N6/c1-6-7(4-11-13-9)8-2-3-10-5-14(8)12-6/h2-3,5H,4H2,1H3. The number of fused-ring (bicyclic) bond motifs is 1. The zero-order valence-electron chi connectivity index (χ0n) is 7.62. The first-order valence-electron chi connectivity index (χ1n) is 4.11. The summed E-state index contributed by atoms with van der Waals surface area (Å²) in [6, 6.07) is 1.85. The summed E-state index contributed by atoms with van der Waals surface area (Å²) in [6.45, 7) is 2.21. The van der Waals surface area contributed by atoms with E-state index in [-0.39, 0.29) is 0 Å². The molecule has 2 aromatic rings. The molecule has 0 unspecified atom stereocenters. The minimum atomic E-state index is 0.329. The Morgan fingerprint density at radius 2 is 2.50 bits per heavy atom. The highest BCUT2D eigenvalue weighted by atomic mass is 15.2. The van der Waals surface area contributed by atoms with Gasteiger partial charge in [0, 0.05) is 16.7 Å². The summed E-state index contributed by atoms with van der Waals surface area (Å²) >= 11 is 0. The van der Waals surface area contributed by atoms with Crippen molar-refractivity contribution in [3.8, 4) is 0 Å². The van der Waals surface area contributed by atoms with Crippen LogP contribution in [0.5, 0.6) is 0 Å². The van der Waals surface area contributed by atoms with Crippen LogP contribution in [0.15, 0.2) is 23.7 Å². The molecule has 14 heavy (non-hydrogen) atoms. The highest BCUT2D eigenvalue weighted by molar-refractivity contribution is 5.55. The van der Waals surface area contributed by atoms with Gasteiger partial charge in [0.1, 0.15) is 6.33 Å². The molecule has 6 nitrogen and oxygen atoms in total. The van der Waals surface area contributed by atoms with Gasteiger partial charge < -0.3 is 0 Å². The van der Waals surface area contributed by atoms with Crippen LogP contribution in [-0.4, -0.2) is 14.6 Å². The van der Waals surface area contributed by atoms with Crippen LogP contribution in [0.2, 0.25) is 0 Å². The maximum atomic E-state index is 8.25. The highest BCUT2D eigenvalue weighted by Crippen LogP contribution is 2.15. The van der Waals surface area contributed by atoms with Gasteiger partial charge in [-0.25, -0.2) is 9.50 Å². The summed E-state index contributed by atoms with van der Waals surface area (Å²) in [5.74, 6) is 0. The van der Waals surface area contributed by atoms with Crippen LogP contribution in [0.1, 0.15) is 11.3 Å². The Hall–Kier alpha value is -2.07. The maximum Gasteiger partial charge on any atom is 0.117 e. The van der Waals surface area contributed by atoms with Crippen LogP contribution in [0, 0.1) is 6.92 Å². The predicted molar refractivity (Wildman–Crippen MR) is 50.6 cm³/mol. The molecular formula is C8H8N6. The van der Waals surface area contributed by atoms with Gasteiger partial charge in [0.25, 0.3) is 0 Å². The number of aromatic nitrogens is 3. The van der Waals surface area contributed by atoms with Gasteiger partial charge in [0.05, 0.1) is 17.8 Å². The van der Waals surface area contributed by atoms with Crippen molar-refractivity contribution in [2.45, 2.75) is 13.5 Å². The molecule has 2 aromatic heterocycles. The zero-order valence-corrected chi connectivity index (χ0v) is 7.62. The molecule has 6 heteroatoms. The summed E-state index contributed by atoms with van der Waals surface area (Å²) in [5, 5.41) is 7.77. The third-order valence-corrected chi connectivity index (χ3v) is 2.04. The minimum absolute atomic E-state index is 0.329. The van der Waals surface area contributed by atoms with Gasteiger partial charge in [-0.2, -0.15) is 5.10 Å². The highest BCUT2D eigenvalue weighted by Gasteiger charge is 2.06. The molecule has 0 bridgehead atoms. The molecule has 0 aliphatic carbocycles. The van der Waals surface area contributed by atoms with E-state index in [2.05, 4.69) is 20.1 Å². The quantitative estimate of drug-likeness (QED) is 0.409. The molecule has 70 valence electrons. The second kappa shape index (κ2) is 3.35. The molecule has 0 aromatic carbocycles. The van der Waals surface area contributed by atoms with Crippen molar-refractivity contribution in [3.63, 3.8) is 0 Å². The summed E-state index contributed by atoms with van der Waals surface area (Å²) in [4.78, 5) is 6.68. The summed E-state index contributed by atoms with van der Waals surface area (Å²) in [5.41, 5.74) is 11.0. The topological polar surface area (TPSA) is 79.0 Å². The smallest absolute Gasteiger partial charge is 0.117 e. The Morgan fingerprint density at radius 3 is 3.29 bits per heavy atom. The van der Waals surface area contributed by atoms with Crippen LogP contribution in [0.4, 0.5) is 0 Å². The molecule has 0 N–H and O–H groups in total. The van der Waals surface area contributed by atoms with E-state index in [4.69, 9.17) is 5.53 Å². The number of aryl methyl sites for hydroxylation is 1. The number of hydrogen-bond donors (Lipinski definition) is 0. The van der Waals surface area contributed by atoms with E-state index in [0.29, 0.717) is 6.54 Å². The van der Waals surface area contributed by atoms with Gasteiger partial charge in [-0.05, 0) is 18.5 Å². The van der Waals surface area contributed by atoms with E-state index in [1.165, 1.54) is 0 Å². The second-order valence-corrected chi connectivity index (χ2v) is 2.86. The van der Waals surface area contributed by atoms with Gasteiger partial charge in [0.15, 0.2) is 0 Å². The van der Waals surface area contributed by atoms with Gasteiger partial charge in [-0.15, -0.1) is 0 Å². The summed E-state index contributed by atoms with van der Waals surface area (Å²) in [7, 11) is 0. The Bertz CT molecular complexity index is 508. The molecule has 2 heterocycles. The normalized spacial score (nSPS) is 10.1. The lowest BCUT2D eigenvalue weighted by Gasteiger charge is -1.92. The second-order valence-electron chi connectivity index (χ2n) is 2.86. The third-order valence-electron chi connectivity index (χ3n) is 2.04. The van der Waals surface area contributed by atoms with Crippen molar-refractivity contribution >= 4 is 5.52 Å². The van der Waals surface area contributed by atoms with E-state index in [9.17, 15) is 0 Å². The number of nitrogens with zero attached hydrogens (tertiary/aromatic N) is 6. The van der Waals surface area contributed by atoms with Crippen molar-refractivity contribution < 1.29 is 0 Å². The summed E-state index contributed by atoms with van der Waals surface area (Å²) < 4.78 is 1.68. The van der Waals surface area contributed by atoms with Gasteiger partial charge in [-0.3, -0.25) is 0 Å². The molecule has 2 rings (SSSR count). The lowest BCUT2D eigenvalue weighted by molar-refractivity contribution is 0.899. The largest absolute Gasteiger partial charge is 0.245 e. The average molecular weight is 188 g/mol. The fraction of sp³-hybridized carbons (Fsp3) is 0.250. The average Bonchev–Trinajstić information content (AvgIpc) is 2.51. The van der Waals surface area contributed by atoms with Crippen molar-refractivity contribution in [2.75, 3.05) is 0 Å². The van der Waals surface area contributed by atoms with Crippen molar-refractivity contribution in [3.05, 3.63) is 40.3 Å². The minimum Gasteiger partial charge on any atom is -0.245 e. The Balaban J connectivity index is 2.61. The van der Waals surface area contributed by atoms with Crippen molar-refractivity contribution in [1.29, 1.82) is 0 Å². The van der Waals surface area contributed by atoms with E-state index in [1.54, 1.807) is 17.0 Å². The molecule has 0 saturated carbocycles. The zero-order chi connectivity index (χ0) is 9.97. The Kier molecular flexibility index (Phi) is 2.04. The van der Waals surface area contributed by atoms with Crippen LogP contribution >= 0.6 is 0 Å². The molecule has 0 saturated heterocycles. The van der Waals surface area contributed by atoms with Crippen molar-refractivity contribution in [2.24, 2.45) is 5.11 Å². The van der Waals surface area contributed by atoms with E-state index < -0.39 is 0 Å². The van der Waals surface area contributed by atoms with Gasteiger partial charge in [-0.1, -0.05) is 5.11 Å². The van der Waals surface area contributed by atoms with E-state index >= 15 is 0 Å². The molecule has 0 spiro atoms. The Labute approximate surface area is 79.8 Å². The Morgan fingerprint density at radius 1 is 1.64 bits per heavy atom. The maximum absolute atomic E-state index is 8.25. The first-order chi connectivity index (χ1) is 6.83. The molecular weight excluding hydrogens is 180 g/mol. The molecule has 0 radical (unpaired) electrons. The van der Waals surface area contributed by atoms with Crippen molar-refractivity contribution in [1.82, 2.24) is 14.6 Å². The van der Waals surface area contributed by atoms with Gasteiger partial charge in [0.2, 0.25) is 0 Å². The molecule has 0 atom stereocenters. The summed E-state index contributed by atoms with van der Waals surface area (Å²) in [6.07, 6.45) is 3.32. The first kappa shape index (κ1) is 8.52. The third kappa shape index (κ3) is 1.27. The number of hydrogen-bond acceptors (Lipinski definition) is 3. The predicted octanol–water partition coefficient (Wildman–Crippen LogP) is 1.85. The monoisotopic (exact) mass is 188 g/mol. The van der Waals surface area contributed by atoms with Crippen LogP contribution < -0.4 is 0 Å². The molecule has 0 fully saturated rings. The fourth-order valence-corrected chi connectivity index (χ4v) is 1.38. The SMILES string of the molecule is Cc1nn2cnccc2c1CN=[N+]=[N-]. The van der Waals surface area contributed by atoms with E-state index in [0.717, 1.165) is 16.8 Å². The first-order valence-corrected chi connectivity index (χ1v) is 4.11. The lowest BCUT2D eigenvalue weighted by Crippen LogP contribution is -1.87. The van der Waals surface area contributed by atoms with Crippen LogP contribution in [0.3, 0.4) is 0 Å². The molecule has 0 amide bonds. The molecule has 0 aliphatic heterocycles. The fourth-order valence-electron chi connectivity index (χ4n) is 1.38. The number of rotatable bonds is 2. The van der Waals surface area contributed by atoms with E-state index in [1.807, 2.05) is 13.0 Å². The number of azide groups is 1.